The molecule has 1 aliphatic heterocycles. The Morgan fingerprint density at radius 3 is 2.35 bits per heavy atom. The highest BCUT2D eigenvalue weighted by molar-refractivity contribution is 6.25. The number of benzene rings is 2. The van der Waals surface area contributed by atoms with E-state index in [2.05, 4.69) is 15.3 Å². The van der Waals surface area contributed by atoms with Gasteiger partial charge in [-0.3, -0.25) is 24.0 Å². The molecule has 2 aromatic carbocycles. The Kier molecular flexibility index (Phi) is 5.81. The summed E-state index contributed by atoms with van der Waals surface area (Å²) in [5, 5.41) is 8.64. The number of hydrogen-bond donors (Lipinski definition) is 1. The van der Waals surface area contributed by atoms with Crippen LogP contribution < -0.4 is 5.32 Å². The molecule has 1 aromatic heterocycles. The maximum atomic E-state index is 12.9. The SMILES string of the molecule is CN(C)CCn1cc(NC(=O)CCCN2C(=O)c3cccc4cccc(c34)C2=O)cn1. The number of amides is 3. The average molecular weight is 419 g/mol. The predicted molar refractivity (Wildman–Crippen MR) is 118 cm³/mol. The Bertz CT molecular complexity index is 1100. The van der Waals surface area contributed by atoms with E-state index in [1.807, 2.05) is 38.4 Å². The number of nitrogens with zero attached hydrogens (tertiary/aromatic N) is 4. The van der Waals surface area contributed by atoms with Crippen molar-refractivity contribution in [3.8, 4) is 0 Å². The zero-order valence-electron chi connectivity index (χ0n) is 17.7. The first kappa shape index (κ1) is 20.7. The number of carbonyl (C=O) groups excluding carboxylic acids is 3. The van der Waals surface area contributed by atoms with Crippen LogP contribution in [0.15, 0.2) is 48.8 Å². The lowest BCUT2D eigenvalue weighted by Gasteiger charge is -2.27. The van der Waals surface area contributed by atoms with Crippen LogP contribution in [0.4, 0.5) is 5.69 Å². The fraction of sp³-hybridized carbons (Fsp3) is 0.304. The Balaban J connectivity index is 1.34. The van der Waals surface area contributed by atoms with E-state index >= 15 is 0 Å². The molecule has 1 N–H and O–H groups in total. The first-order chi connectivity index (χ1) is 14.9. The van der Waals surface area contributed by atoms with E-state index in [1.54, 1.807) is 29.2 Å². The number of rotatable bonds is 8. The van der Waals surface area contributed by atoms with E-state index in [0.717, 1.165) is 18.5 Å². The molecular formula is C23H25N5O3. The molecule has 0 unspecified atom stereocenters. The van der Waals surface area contributed by atoms with Crippen molar-refractivity contribution in [2.45, 2.75) is 19.4 Å². The maximum Gasteiger partial charge on any atom is 0.261 e. The molecular weight excluding hydrogens is 394 g/mol. The van der Waals surface area contributed by atoms with Gasteiger partial charge in [-0.2, -0.15) is 5.10 Å². The van der Waals surface area contributed by atoms with Crippen LogP contribution in [-0.4, -0.2) is 64.5 Å². The Labute approximate surface area is 180 Å². The number of carbonyl (C=O) groups is 3. The van der Waals surface area contributed by atoms with Gasteiger partial charge in [-0.05, 0) is 38.0 Å². The molecule has 3 aromatic rings. The fourth-order valence-corrected chi connectivity index (χ4v) is 3.76. The largest absolute Gasteiger partial charge is 0.323 e. The summed E-state index contributed by atoms with van der Waals surface area (Å²) in [6.07, 6.45) is 3.99. The third kappa shape index (κ3) is 4.34. The van der Waals surface area contributed by atoms with Gasteiger partial charge >= 0.3 is 0 Å². The van der Waals surface area contributed by atoms with Gasteiger partial charge in [0.1, 0.15) is 0 Å². The van der Waals surface area contributed by atoms with Crippen LogP contribution in [-0.2, 0) is 11.3 Å². The molecule has 0 radical (unpaired) electrons. The summed E-state index contributed by atoms with van der Waals surface area (Å²) in [7, 11) is 3.98. The molecule has 0 saturated carbocycles. The van der Waals surface area contributed by atoms with Crippen molar-refractivity contribution in [1.29, 1.82) is 0 Å². The molecule has 8 heteroatoms. The molecule has 3 amide bonds. The second kappa shape index (κ2) is 8.69. The summed E-state index contributed by atoms with van der Waals surface area (Å²) < 4.78 is 1.78. The van der Waals surface area contributed by atoms with Crippen LogP contribution in [0.1, 0.15) is 33.6 Å². The van der Waals surface area contributed by atoms with Crippen LogP contribution in [0.3, 0.4) is 0 Å². The lowest BCUT2D eigenvalue weighted by molar-refractivity contribution is -0.116. The molecule has 0 bridgehead atoms. The van der Waals surface area contributed by atoms with E-state index in [1.165, 1.54) is 4.90 Å². The smallest absolute Gasteiger partial charge is 0.261 e. The van der Waals surface area contributed by atoms with Crippen molar-refractivity contribution in [2.24, 2.45) is 0 Å². The van der Waals surface area contributed by atoms with Crippen molar-refractivity contribution < 1.29 is 14.4 Å². The van der Waals surface area contributed by atoms with Gasteiger partial charge in [-0.25, -0.2) is 0 Å². The van der Waals surface area contributed by atoms with E-state index < -0.39 is 0 Å². The molecule has 4 rings (SSSR count). The van der Waals surface area contributed by atoms with Gasteiger partial charge in [0.05, 0.1) is 18.4 Å². The Morgan fingerprint density at radius 1 is 1.03 bits per heavy atom. The van der Waals surface area contributed by atoms with Crippen LogP contribution in [0.5, 0.6) is 0 Å². The molecule has 1 aliphatic rings. The summed E-state index contributed by atoms with van der Waals surface area (Å²) in [6.45, 7) is 1.78. The van der Waals surface area contributed by atoms with Crippen LogP contribution in [0.2, 0.25) is 0 Å². The van der Waals surface area contributed by atoms with Crippen LogP contribution in [0, 0.1) is 0 Å². The monoisotopic (exact) mass is 419 g/mol. The highest BCUT2D eigenvalue weighted by Gasteiger charge is 2.32. The minimum atomic E-state index is -0.308. The summed E-state index contributed by atoms with van der Waals surface area (Å²) in [4.78, 5) is 41.4. The molecule has 0 spiro atoms. The Hall–Kier alpha value is -3.52. The molecule has 0 aliphatic carbocycles. The van der Waals surface area contributed by atoms with Gasteiger partial charge in [-0.1, -0.05) is 24.3 Å². The molecule has 0 fully saturated rings. The minimum Gasteiger partial charge on any atom is -0.323 e. The van der Waals surface area contributed by atoms with Gasteiger partial charge in [0, 0.05) is 42.2 Å². The number of likely N-dealkylation sites (N-methyl/N-ethyl adjacent to an activating group) is 1. The number of aromatic nitrogens is 2. The number of nitrogens with one attached hydrogen (secondary N) is 1. The second-order valence-corrected chi connectivity index (χ2v) is 7.92. The molecule has 0 atom stereocenters. The topological polar surface area (TPSA) is 87.5 Å². The zero-order chi connectivity index (χ0) is 22.0. The van der Waals surface area contributed by atoms with E-state index in [4.69, 9.17) is 0 Å². The summed E-state index contributed by atoms with van der Waals surface area (Å²) in [6, 6.07) is 10.9. The summed E-state index contributed by atoms with van der Waals surface area (Å²) in [5.74, 6) is -0.791. The van der Waals surface area contributed by atoms with Crippen molar-refractivity contribution >= 4 is 34.2 Å². The molecule has 0 saturated heterocycles. The van der Waals surface area contributed by atoms with Gasteiger partial charge in [0.25, 0.3) is 11.8 Å². The first-order valence-electron chi connectivity index (χ1n) is 10.3. The van der Waals surface area contributed by atoms with Crippen LogP contribution >= 0.6 is 0 Å². The second-order valence-electron chi connectivity index (χ2n) is 7.92. The standard InChI is InChI=1S/C23H25N5O3/c1-26(2)12-13-27-15-17(14-24-27)25-20(29)10-5-11-28-22(30)18-8-3-6-16-7-4-9-19(21(16)18)23(28)31/h3-4,6-9,14-15H,5,10-13H2,1-2H3,(H,25,29). The van der Waals surface area contributed by atoms with Gasteiger partial charge in [-0.15, -0.1) is 0 Å². The molecule has 2 heterocycles. The van der Waals surface area contributed by atoms with Crippen molar-refractivity contribution in [1.82, 2.24) is 19.6 Å². The summed E-state index contributed by atoms with van der Waals surface area (Å²) >= 11 is 0. The van der Waals surface area contributed by atoms with Gasteiger partial charge in [0.15, 0.2) is 0 Å². The van der Waals surface area contributed by atoms with Crippen molar-refractivity contribution in [3.63, 3.8) is 0 Å². The third-order valence-corrected chi connectivity index (χ3v) is 5.33. The number of imide groups is 1. The molecule has 31 heavy (non-hydrogen) atoms. The predicted octanol–water partition coefficient (Wildman–Crippen LogP) is 2.61. The first-order valence-corrected chi connectivity index (χ1v) is 10.3. The highest BCUT2D eigenvalue weighted by Crippen LogP contribution is 2.30. The van der Waals surface area contributed by atoms with Crippen molar-refractivity contribution in [2.75, 3.05) is 32.5 Å². The van der Waals surface area contributed by atoms with Crippen LogP contribution in [0.25, 0.3) is 10.8 Å². The minimum absolute atomic E-state index is 0.174. The quantitative estimate of drug-likeness (QED) is 0.567. The molecule has 160 valence electrons. The Morgan fingerprint density at radius 2 is 1.71 bits per heavy atom. The zero-order valence-corrected chi connectivity index (χ0v) is 17.7. The average Bonchev–Trinajstić information content (AvgIpc) is 3.20. The number of anilines is 1. The molecule has 8 nitrogen and oxygen atoms in total. The lowest BCUT2D eigenvalue weighted by Crippen LogP contribution is -2.41. The van der Waals surface area contributed by atoms with Gasteiger partial charge in [0.2, 0.25) is 5.91 Å². The van der Waals surface area contributed by atoms with Crippen molar-refractivity contribution in [3.05, 3.63) is 59.9 Å². The van der Waals surface area contributed by atoms with Gasteiger partial charge < -0.3 is 10.2 Å². The maximum absolute atomic E-state index is 12.9. The highest BCUT2D eigenvalue weighted by atomic mass is 16.2. The number of hydrogen-bond acceptors (Lipinski definition) is 5. The lowest BCUT2D eigenvalue weighted by atomic mass is 9.94. The summed E-state index contributed by atoms with van der Waals surface area (Å²) in [5.41, 5.74) is 1.69. The van der Waals surface area contributed by atoms with E-state index in [-0.39, 0.29) is 30.7 Å². The fourth-order valence-electron chi connectivity index (χ4n) is 3.76. The van der Waals surface area contributed by atoms with E-state index in [9.17, 15) is 14.4 Å². The van der Waals surface area contributed by atoms with E-state index in [0.29, 0.717) is 28.6 Å². The third-order valence-electron chi connectivity index (χ3n) is 5.33. The normalized spacial score (nSPS) is 13.3.